The second kappa shape index (κ2) is 14.5. The second-order valence-electron chi connectivity index (χ2n) is 10.3. The Morgan fingerprint density at radius 1 is 0.730 bits per heavy atom. The van der Waals surface area contributed by atoms with E-state index in [1.54, 1.807) is 24.3 Å². The first-order chi connectivity index (χ1) is 18.0. The van der Waals surface area contributed by atoms with Crippen LogP contribution in [-0.2, 0) is 0 Å². The molecule has 194 valence electrons. The van der Waals surface area contributed by atoms with Crippen molar-refractivity contribution in [2.24, 2.45) is 11.8 Å². The summed E-state index contributed by atoms with van der Waals surface area (Å²) in [4.78, 5) is 0. The van der Waals surface area contributed by atoms with Gasteiger partial charge in [0, 0.05) is 0 Å². The van der Waals surface area contributed by atoms with Gasteiger partial charge in [0.15, 0.2) is 0 Å². The standard InChI is InChI=1S/C17H20FN.C16H18FN/c1-2-3-4-13-5-7-14(8-6-13)15-9-10-16(12-19)17(18)11-15;1-2-3-12-4-6-13(7-5-12)14-8-9-15(11-18)16(17)10-14/h3-4,9-11,13-14H,2,5-8H2,1H3;2-3,8-10,12-13H,4-7H2,1H3/b4-3+;3-2-. The molecule has 0 radical (unpaired) electrons. The van der Waals surface area contributed by atoms with Crippen LogP contribution in [0.15, 0.2) is 60.7 Å². The molecule has 0 saturated heterocycles. The molecule has 0 spiro atoms. The molecule has 4 heteroatoms. The molecule has 0 N–H and O–H groups in total. The fourth-order valence-corrected chi connectivity index (χ4v) is 5.64. The lowest BCUT2D eigenvalue weighted by molar-refractivity contribution is 0.374. The molecule has 0 bridgehead atoms. The van der Waals surface area contributed by atoms with Crippen molar-refractivity contribution in [3.63, 3.8) is 0 Å². The van der Waals surface area contributed by atoms with Crippen molar-refractivity contribution in [2.45, 2.75) is 83.5 Å². The molecule has 2 fully saturated rings. The van der Waals surface area contributed by atoms with Crippen molar-refractivity contribution in [3.05, 3.63) is 94.6 Å². The van der Waals surface area contributed by atoms with Gasteiger partial charge in [0.05, 0.1) is 11.1 Å². The summed E-state index contributed by atoms with van der Waals surface area (Å²) in [7, 11) is 0. The van der Waals surface area contributed by atoms with Crippen LogP contribution in [0.3, 0.4) is 0 Å². The largest absolute Gasteiger partial charge is 0.206 e. The Morgan fingerprint density at radius 2 is 1.16 bits per heavy atom. The van der Waals surface area contributed by atoms with Crippen LogP contribution in [0.1, 0.15) is 106 Å². The van der Waals surface area contributed by atoms with E-state index in [-0.39, 0.29) is 22.8 Å². The molecule has 2 nitrogen and oxygen atoms in total. The molecule has 2 saturated carbocycles. The predicted octanol–water partition coefficient (Wildman–Crippen LogP) is 9.48. The number of hydrogen-bond acceptors (Lipinski definition) is 2. The first-order valence-electron chi connectivity index (χ1n) is 13.7. The maximum atomic E-state index is 13.6. The zero-order valence-corrected chi connectivity index (χ0v) is 22.1. The highest BCUT2D eigenvalue weighted by molar-refractivity contribution is 5.36. The minimum absolute atomic E-state index is 0.140. The van der Waals surface area contributed by atoms with Gasteiger partial charge in [-0.25, -0.2) is 8.78 Å². The van der Waals surface area contributed by atoms with Gasteiger partial charge in [0.2, 0.25) is 0 Å². The van der Waals surface area contributed by atoms with Gasteiger partial charge in [0.25, 0.3) is 0 Å². The fraction of sp³-hybridized carbons (Fsp3) is 0.455. The van der Waals surface area contributed by atoms with Gasteiger partial charge in [0.1, 0.15) is 23.8 Å². The number of allylic oxidation sites excluding steroid dienone is 4. The third-order valence-electron chi connectivity index (χ3n) is 7.82. The summed E-state index contributed by atoms with van der Waals surface area (Å²) in [6, 6.07) is 13.8. The van der Waals surface area contributed by atoms with Gasteiger partial charge in [-0.3, -0.25) is 0 Å². The van der Waals surface area contributed by atoms with Gasteiger partial charge in [-0.05, 0) is 124 Å². The zero-order valence-electron chi connectivity index (χ0n) is 22.1. The van der Waals surface area contributed by atoms with Crippen LogP contribution in [0.2, 0.25) is 0 Å². The Bertz CT molecular complexity index is 1150. The minimum atomic E-state index is -0.384. The normalized spacial score (nSPS) is 23.7. The Labute approximate surface area is 221 Å². The third-order valence-corrected chi connectivity index (χ3v) is 7.82. The molecule has 0 heterocycles. The summed E-state index contributed by atoms with van der Waals surface area (Å²) < 4.78 is 27.2. The number of benzene rings is 2. The van der Waals surface area contributed by atoms with Crippen molar-refractivity contribution in [1.29, 1.82) is 10.5 Å². The second-order valence-corrected chi connectivity index (χ2v) is 10.3. The number of nitriles is 2. The van der Waals surface area contributed by atoms with Gasteiger partial charge in [-0.2, -0.15) is 10.5 Å². The Hall–Kier alpha value is -3.24. The van der Waals surface area contributed by atoms with E-state index in [1.807, 2.05) is 24.3 Å². The van der Waals surface area contributed by atoms with Crippen LogP contribution >= 0.6 is 0 Å². The van der Waals surface area contributed by atoms with E-state index in [9.17, 15) is 8.78 Å². The quantitative estimate of drug-likeness (QED) is 0.384. The highest BCUT2D eigenvalue weighted by Crippen LogP contribution is 2.37. The van der Waals surface area contributed by atoms with Gasteiger partial charge < -0.3 is 0 Å². The molecular formula is C33H38F2N2. The van der Waals surface area contributed by atoms with E-state index in [0.717, 1.165) is 43.2 Å². The van der Waals surface area contributed by atoms with Crippen molar-refractivity contribution >= 4 is 0 Å². The van der Waals surface area contributed by atoms with Gasteiger partial charge in [-0.15, -0.1) is 0 Å². The Kier molecular flexibility index (Phi) is 11.1. The molecule has 0 aromatic heterocycles. The molecular weight excluding hydrogens is 462 g/mol. The van der Waals surface area contributed by atoms with Crippen LogP contribution in [0, 0.1) is 46.1 Å². The van der Waals surface area contributed by atoms with Crippen LogP contribution < -0.4 is 0 Å². The van der Waals surface area contributed by atoms with E-state index in [1.165, 1.54) is 25.7 Å². The van der Waals surface area contributed by atoms with E-state index in [2.05, 4.69) is 38.2 Å². The summed E-state index contributed by atoms with van der Waals surface area (Å²) in [5.74, 6) is 1.52. The monoisotopic (exact) mass is 500 g/mol. The highest BCUT2D eigenvalue weighted by Gasteiger charge is 2.22. The summed E-state index contributed by atoms with van der Waals surface area (Å²) in [5.41, 5.74) is 2.38. The van der Waals surface area contributed by atoms with Gasteiger partial charge >= 0.3 is 0 Å². The average molecular weight is 501 g/mol. The summed E-state index contributed by atoms with van der Waals surface area (Å²) in [6.45, 7) is 4.21. The minimum Gasteiger partial charge on any atom is -0.206 e. The van der Waals surface area contributed by atoms with Crippen molar-refractivity contribution in [1.82, 2.24) is 0 Å². The Morgan fingerprint density at radius 3 is 1.51 bits per heavy atom. The first-order valence-corrected chi connectivity index (χ1v) is 13.7. The molecule has 37 heavy (non-hydrogen) atoms. The third kappa shape index (κ3) is 8.13. The van der Waals surface area contributed by atoms with Gasteiger partial charge in [-0.1, -0.05) is 43.4 Å². The molecule has 2 aliphatic rings. The lowest BCUT2D eigenvalue weighted by atomic mass is 9.78. The maximum absolute atomic E-state index is 13.6. The molecule has 2 aromatic carbocycles. The first kappa shape index (κ1) is 28.3. The van der Waals surface area contributed by atoms with E-state index in [0.29, 0.717) is 23.7 Å². The summed E-state index contributed by atoms with van der Waals surface area (Å²) >= 11 is 0. The maximum Gasteiger partial charge on any atom is 0.141 e. The molecule has 0 atom stereocenters. The Balaban J connectivity index is 0.000000206. The number of halogens is 2. The molecule has 2 aromatic rings. The zero-order chi connectivity index (χ0) is 26.6. The number of rotatable bonds is 5. The number of hydrogen-bond donors (Lipinski definition) is 0. The van der Waals surface area contributed by atoms with E-state index < -0.39 is 0 Å². The molecule has 2 aliphatic carbocycles. The van der Waals surface area contributed by atoms with Crippen LogP contribution in [0.4, 0.5) is 8.78 Å². The summed E-state index contributed by atoms with van der Waals surface area (Å²) in [6.07, 6.45) is 19.2. The van der Waals surface area contributed by atoms with Crippen molar-refractivity contribution < 1.29 is 8.78 Å². The fourth-order valence-electron chi connectivity index (χ4n) is 5.64. The average Bonchev–Trinajstić information content (AvgIpc) is 2.93. The number of nitrogens with zero attached hydrogens (tertiary/aromatic N) is 2. The van der Waals surface area contributed by atoms with Crippen LogP contribution in [-0.4, -0.2) is 0 Å². The van der Waals surface area contributed by atoms with Crippen LogP contribution in [0.25, 0.3) is 0 Å². The smallest absolute Gasteiger partial charge is 0.141 e. The SMILES string of the molecule is C/C=C\C1CCC(c2ccc(C#N)c(F)c2)CC1.CC/C=C/C1CCC(c2ccc(C#N)c(F)c2)CC1. The molecule has 0 unspecified atom stereocenters. The van der Waals surface area contributed by atoms with Crippen molar-refractivity contribution in [3.8, 4) is 12.1 Å². The predicted molar refractivity (Wildman–Crippen MR) is 146 cm³/mol. The topological polar surface area (TPSA) is 47.6 Å². The van der Waals surface area contributed by atoms with Crippen molar-refractivity contribution in [2.75, 3.05) is 0 Å². The molecule has 4 rings (SSSR count). The lowest BCUT2D eigenvalue weighted by Crippen LogP contribution is -2.12. The van der Waals surface area contributed by atoms with E-state index in [4.69, 9.17) is 10.5 Å². The van der Waals surface area contributed by atoms with E-state index >= 15 is 0 Å². The summed E-state index contributed by atoms with van der Waals surface area (Å²) in [5, 5.41) is 17.5. The highest BCUT2D eigenvalue weighted by atomic mass is 19.1. The molecule has 0 amide bonds. The van der Waals surface area contributed by atoms with Crippen LogP contribution in [0.5, 0.6) is 0 Å². The lowest BCUT2D eigenvalue weighted by Gasteiger charge is -2.27. The molecule has 0 aliphatic heterocycles.